The van der Waals surface area contributed by atoms with Gasteiger partial charge in [-0.3, -0.25) is 23.2 Å². The van der Waals surface area contributed by atoms with Gasteiger partial charge in [-0.15, -0.1) is 0 Å². The highest BCUT2D eigenvalue weighted by Gasteiger charge is 2.18. The Bertz CT molecular complexity index is 1030. The second-order valence-corrected chi connectivity index (χ2v) is 9.31. The lowest BCUT2D eigenvalue weighted by atomic mass is 10.2. The smallest absolute Gasteiger partial charge is 0.280 e. The Balaban J connectivity index is -0.000000245. The van der Waals surface area contributed by atoms with E-state index in [2.05, 4.69) is 23.6 Å². The third-order valence-electron chi connectivity index (χ3n) is 2.87. The number of aromatic amines is 1. The van der Waals surface area contributed by atoms with Gasteiger partial charge in [-0.1, -0.05) is 0 Å². The first-order valence-electron chi connectivity index (χ1n) is 7.29. The number of anilines is 1. The van der Waals surface area contributed by atoms with Crippen LogP contribution in [0.25, 0.3) is 11.2 Å². The Kier molecular flexibility index (Phi) is 17.8. The molecule has 2 aromatic rings. The molecule has 2 atom stereocenters. The van der Waals surface area contributed by atoms with E-state index in [1.54, 1.807) is 4.57 Å². The summed E-state index contributed by atoms with van der Waals surface area (Å²) >= 11 is 0. The zero-order valence-electron chi connectivity index (χ0n) is 18.5. The largest absolute Gasteiger partial charge is 0.790 e. The number of nitrogens with two attached hydrogens (primary N) is 1. The van der Waals surface area contributed by atoms with Gasteiger partial charge < -0.3 is 74.1 Å². The first kappa shape index (κ1) is 39.5. The minimum atomic E-state index is -5.95. The molecular weight excluding hydrogens is 535 g/mol. The van der Waals surface area contributed by atoms with Gasteiger partial charge in [-0.05, 0) is 0 Å². The summed E-state index contributed by atoms with van der Waals surface area (Å²) in [7, 11) is -17.6. The van der Waals surface area contributed by atoms with E-state index in [1.807, 2.05) is 0 Å². The molecule has 25 heteroatoms. The van der Waals surface area contributed by atoms with Gasteiger partial charge in [0.05, 0.1) is 14.2 Å². The first-order chi connectivity index (χ1) is 13.6. The Labute approximate surface area is 190 Å². The minimum absolute atomic E-state index is 0. The summed E-state index contributed by atoms with van der Waals surface area (Å²) in [5.74, 6) is -0.316. The van der Waals surface area contributed by atoms with E-state index in [-0.39, 0.29) is 55.2 Å². The number of imidazole rings is 1. The van der Waals surface area contributed by atoms with Crippen LogP contribution in [0.2, 0.25) is 0 Å². The number of nitrogens with zero attached hydrogens (tertiary/aromatic N) is 3. The van der Waals surface area contributed by atoms with Gasteiger partial charge in [0.25, 0.3) is 21.2 Å². The number of H-pyrrole nitrogens is 1. The minimum Gasteiger partial charge on any atom is -0.790 e. The number of fused-ring (bicyclic) bond motifs is 1. The average molecular weight is 565 g/mol. The van der Waals surface area contributed by atoms with Crippen molar-refractivity contribution in [2.75, 3.05) is 18.9 Å². The lowest BCUT2D eigenvalue weighted by Crippen LogP contribution is -2.19. The molecule has 0 aliphatic rings. The molecule has 0 fully saturated rings. The van der Waals surface area contributed by atoms with Gasteiger partial charge in [-0.25, -0.2) is 9.29 Å². The van der Waals surface area contributed by atoms with Gasteiger partial charge in [0.2, 0.25) is 5.95 Å². The number of quaternary nitrogens is 4. The molecule has 0 radical (unpaired) electrons. The number of phosphoric acid groups is 3. The number of rotatable bonds is 8. The highest BCUT2D eigenvalue weighted by molar-refractivity contribution is 7.64. The summed E-state index contributed by atoms with van der Waals surface area (Å²) in [5, 5.41) is 18.0. The molecule has 0 aliphatic carbocycles. The maximum atomic E-state index is 11.5. The third-order valence-corrected chi connectivity index (χ3v) is 6.09. The molecule has 2 rings (SSSR count). The van der Waals surface area contributed by atoms with Crippen LogP contribution in [0.15, 0.2) is 11.1 Å². The number of aromatic nitrogens is 4. The predicted octanol–water partition coefficient (Wildman–Crippen LogP) is -3.42. The summed E-state index contributed by atoms with van der Waals surface area (Å²) < 4.78 is 36.6. The summed E-state index contributed by atoms with van der Waals surface area (Å²) in [6, 6.07) is 0. The van der Waals surface area contributed by atoms with E-state index in [0.717, 1.165) is 0 Å². The van der Waals surface area contributed by atoms with Crippen molar-refractivity contribution in [2.45, 2.75) is 6.54 Å². The van der Waals surface area contributed by atoms with Crippen LogP contribution in [0.5, 0.6) is 0 Å². The molecule has 204 valence electrons. The Morgan fingerprint density at radius 1 is 1.06 bits per heavy atom. The Hall–Kier alpha value is -1.68. The molecule has 2 heterocycles. The van der Waals surface area contributed by atoms with E-state index in [9.17, 15) is 38.1 Å². The van der Waals surface area contributed by atoms with Gasteiger partial charge in [0.1, 0.15) is 0 Å². The van der Waals surface area contributed by atoms with E-state index in [4.69, 9.17) is 20.8 Å². The van der Waals surface area contributed by atoms with Crippen LogP contribution in [0.1, 0.15) is 0 Å². The molecule has 22 N–H and O–H groups in total. The second kappa shape index (κ2) is 15.3. The molecule has 2 unspecified atom stereocenters. The molecule has 0 saturated heterocycles. The molecule has 22 nitrogen and oxygen atoms in total. The van der Waals surface area contributed by atoms with Crippen molar-refractivity contribution in [3.63, 3.8) is 0 Å². The van der Waals surface area contributed by atoms with E-state index >= 15 is 0 Å². The zero-order valence-corrected chi connectivity index (χ0v) is 21.1. The van der Waals surface area contributed by atoms with Crippen LogP contribution >= 0.6 is 23.5 Å². The predicted molar refractivity (Wildman–Crippen MR) is 111 cm³/mol. The number of aliphatic hydroxyl groups excluding tert-OH is 2. The van der Waals surface area contributed by atoms with Crippen LogP contribution < -0.4 is 55.5 Å². The standard InChI is InChI=1S/C9H13N5O3.4H3N.H5O10P3/c10-9-12-7-6(8(17)13-9)11-4-14(7)1-5(2-15)3-16;;;;;1-11(2,3)9-13(7,8)10-12(4,5)6/h4-5,15-16H,1-3H2,(H3,10,12,13,17);4*1H3;(H,7,8)(H2,1,2,3)(H2,4,5,6). The Morgan fingerprint density at radius 3 is 1.97 bits per heavy atom. The van der Waals surface area contributed by atoms with E-state index in [1.165, 1.54) is 6.33 Å². The highest BCUT2D eigenvalue weighted by atomic mass is 31.3. The molecule has 2 aromatic heterocycles. The zero-order chi connectivity index (χ0) is 23.3. The van der Waals surface area contributed by atoms with E-state index in [0.29, 0.717) is 12.2 Å². The van der Waals surface area contributed by atoms with Crippen molar-refractivity contribution in [2.24, 2.45) is 5.92 Å². The monoisotopic (exact) mass is 565 g/mol. The summed E-state index contributed by atoms with van der Waals surface area (Å²) in [5.41, 5.74) is 5.57. The van der Waals surface area contributed by atoms with Crippen molar-refractivity contribution in [1.82, 2.24) is 44.1 Å². The summed E-state index contributed by atoms with van der Waals surface area (Å²) in [6.07, 6.45) is 1.44. The SMILES string of the molecule is Nc1nc2c(ncn2CC(CO)CO)c(=O)[nH]1.O=P([O-])([O-])OP(=O)([O-])OP(=O)([O-])O.[NH4+].[NH4+].[NH4+].[NH4+]. The van der Waals surface area contributed by atoms with Crippen molar-refractivity contribution >= 4 is 40.6 Å². The van der Waals surface area contributed by atoms with Crippen molar-refractivity contribution in [1.29, 1.82) is 0 Å². The fourth-order valence-corrected chi connectivity index (χ4v) is 4.20. The fourth-order valence-electron chi connectivity index (χ4n) is 1.82. The van der Waals surface area contributed by atoms with Crippen molar-refractivity contribution < 1.29 is 57.0 Å². The number of nitrogens with one attached hydrogen (secondary N) is 1. The number of hydrogen-bond acceptors (Lipinski definition) is 15. The molecule has 0 spiro atoms. The van der Waals surface area contributed by atoms with Crippen LogP contribution in [-0.4, -0.2) is 47.8 Å². The van der Waals surface area contributed by atoms with E-state index < -0.39 is 29.0 Å². The van der Waals surface area contributed by atoms with Gasteiger partial charge in [0, 0.05) is 25.7 Å². The summed E-state index contributed by atoms with van der Waals surface area (Å²) in [6.45, 7) is 0.00306. The van der Waals surface area contributed by atoms with Gasteiger partial charge in [0.15, 0.2) is 11.2 Å². The molecule has 0 saturated carbocycles. The van der Waals surface area contributed by atoms with Crippen molar-refractivity contribution in [3.8, 4) is 0 Å². The number of aliphatic hydroxyl groups is 2. The first-order valence-corrected chi connectivity index (χ1v) is 11.7. The summed E-state index contributed by atoms with van der Waals surface area (Å²) in [4.78, 5) is 68.7. The molecule has 34 heavy (non-hydrogen) atoms. The van der Waals surface area contributed by atoms with Crippen LogP contribution in [0.4, 0.5) is 5.95 Å². The number of hydrogen-bond donors (Lipinski definition) is 9. The molecular formula is C9H30N9O13P3. The lowest BCUT2D eigenvalue weighted by molar-refractivity contribution is -0.339. The normalized spacial score (nSPS) is 14.1. The third kappa shape index (κ3) is 13.9. The lowest BCUT2D eigenvalue weighted by Gasteiger charge is -2.36. The Morgan fingerprint density at radius 2 is 1.56 bits per heavy atom. The average Bonchev–Trinajstić information content (AvgIpc) is 2.91. The van der Waals surface area contributed by atoms with Crippen molar-refractivity contribution in [3.05, 3.63) is 16.7 Å². The maximum absolute atomic E-state index is 11.5. The maximum Gasteiger partial charge on any atom is 0.280 e. The van der Waals surface area contributed by atoms with Gasteiger partial charge in [-0.2, -0.15) is 4.98 Å². The molecule has 0 amide bonds. The van der Waals surface area contributed by atoms with Gasteiger partial charge >= 0.3 is 0 Å². The second-order valence-electron chi connectivity index (χ2n) is 5.28. The number of nitrogen functional groups attached to an aromatic ring is 1. The van der Waals surface area contributed by atoms with Crippen LogP contribution in [-0.2, 0) is 28.9 Å². The van der Waals surface area contributed by atoms with Crippen LogP contribution in [0, 0.1) is 5.92 Å². The molecule has 0 aromatic carbocycles. The molecule has 0 bridgehead atoms. The topological polar surface area (TPSA) is 458 Å². The van der Waals surface area contributed by atoms with Crippen LogP contribution in [0.3, 0.4) is 0 Å². The quantitative estimate of drug-likeness (QED) is 0.141. The molecule has 0 aliphatic heterocycles. The fraction of sp³-hybridized carbons (Fsp3) is 0.444. The highest BCUT2D eigenvalue weighted by Crippen LogP contribution is 2.58.